The van der Waals surface area contributed by atoms with Crippen LogP contribution in [0, 0.1) is 0 Å². The maximum Gasteiger partial charge on any atom is 0.123 e. The number of nitrogens with one attached hydrogen (secondary N) is 1. The first-order valence-electron chi connectivity index (χ1n) is 7.31. The molecule has 0 spiro atoms. The van der Waals surface area contributed by atoms with Crippen LogP contribution in [0.15, 0.2) is 24.3 Å². The van der Waals surface area contributed by atoms with Gasteiger partial charge in [0.2, 0.25) is 0 Å². The van der Waals surface area contributed by atoms with Crippen LogP contribution in [0.5, 0.6) is 5.75 Å². The fraction of sp³-hybridized carbons (Fsp3) is 0.625. The Bertz CT molecular complexity index is 427. The van der Waals surface area contributed by atoms with Gasteiger partial charge in [0, 0.05) is 21.3 Å². The molecule has 1 aliphatic carbocycles. The van der Waals surface area contributed by atoms with E-state index >= 15 is 0 Å². The number of benzene rings is 1. The molecule has 4 heteroatoms. The monoisotopic (exact) mass is 403 g/mol. The number of hydrogen-bond donors (Lipinski definition) is 1. The summed E-state index contributed by atoms with van der Waals surface area (Å²) in [6, 6.07) is 8.19. The molecule has 2 rings (SSSR count). The number of hydrogen-bond acceptors (Lipinski definition) is 2. The molecule has 0 radical (unpaired) electrons. The maximum atomic E-state index is 5.37. The third kappa shape index (κ3) is 4.22. The second kappa shape index (κ2) is 7.81. The van der Waals surface area contributed by atoms with Crippen molar-refractivity contribution in [2.24, 2.45) is 0 Å². The van der Waals surface area contributed by atoms with Crippen LogP contribution in [0.2, 0.25) is 0 Å². The zero-order chi connectivity index (χ0) is 14.4. The largest absolute Gasteiger partial charge is 0.496 e. The van der Waals surface area contributed by atoms with Gasteiger partial charge in [0.15, 0.2) is 0 Å². The molecule has 1 N–H and O–H groups in total. The van der Waals surface area contributed by atoms with E-state index in [1.54, 1.807) is 7.11 Å². The Kier molecular flexibility index (Phi) is 6.37. The van der Waals surface area contributed by atoms with Gasteiger partial charge < -0.3 is 10.1 Å². The van der Waals surface area contributed by atoms with Crippen molar-refractivity contribution in [2.75, 3.05) is 13.7 Å². The summed E-state index contributed by atoms with van der Waals surface area (Å²) in [5.74, 6) is 0.963. The maximum absolute atomic E-state index is 5.37. The van der Waals surface area contributed by atoms with Gasteiger partial charge >= 0.3 is 0 Å². The molecule has 2 nitrogen and oxygen atoms in total. The van der Waals surface area contributed by atoms with Crippen molar-refractivity contribution >= 4 is 31.9 Å². The Labute approximate surface area is 138 Å². The smallest absolute Gasteiger partial charge is 0.123 e. The summed E-state index contributed by atoms with van der Waals surface area (Å²) >= 11 is 7.80. The lowest BCUT2D eigenvalue weighted by atomic mass is 9.86. The van der Waals surface area contributed by atoms with Crippen LogP contribution < -0.4 is 10.1 Å². The number of alkyl halides is 2. The molecular formula is C16H23Br2NO. The lowest BCUT2D eigenvalue weighted by molar-refractivity contribution is 0.390. The Morgan fingerprint density at radius 3 is 2.90 bits per heavy atom. The molecule has 0 bridgehead atoms. The Morgan fingerprint density at radius 1 is 1.35 bits per heavy atom. The van der Waals surface area contributed by atoms with Crippen molar-refractivity contribution in [2.45, 2.75) is 47.8 Å². The average molecular weight is 405 g/mol. The Morgan fingerprint density at radius 2 is 2.15 bits per heavy atom. The van der Waals surface area contributed by atoms with Crippen LogP contribution in [0.4, 0.5) is 0 Å². The van der Waals surface area contributed by atoms with E-state index in [0.717, 1.165) is 25.3 Å². The number of ether oxygens (including phenoxy) is 1. The predicted molar refractivity (Wildman–Crippen MR) is 92.2 cm³/mol. The van der Waals surface area contributed by atoms with Gasteiger partial charge in [-0.1, -0.05) is 62.9 Å². The van der Waals surface area contributed by atoms with Crippen LogP contribution in [-0.4, -0.2) is 22.8 Å². The molecule has 1 fully saturated rings. The number of rotatable bonds is 6. The third-order valence-corrected chi connectivity index (χ3v) is 7.38. The highest BCUT2D eigenvalue weighted by Crippen LogP contribution is 2.42. The third-order valence-electron chi connectivity index (χ3n) is 4.09. The van der Waals surface area contributed by atoms with Crippen LogP contribution in [0.25, 0.3) is 0 Å². The summed E-state index contributed by atoms with van der Waals surface area (Å²) in [6.07, 6.45) is 6.37. The zero-order valence-electron chi connectivity index (χ0n) is 12.0. The highest BCUT2D eigenvalue weighted by atomic mass is 79.9. The zero-order valence-corrected chi connectivity index (χ0v) is 15.2. The summed E-state index contributed by atoms with van der Waals surface area (Å²) in [4.78, 5) is 0.594. The normalized spacial score (nSPS) is 26.4. The summed E-state index contributed by atoms with van der Waals surface area (Å²) in [5, 5.41) is 3.54. The molecule has 1 saturated carbocycles. The minimum absolute atomic E-state index is 0.263. The van der Waals surface area contributed by atoms with E-state index in [-0.39, 0.29) is 4.32 Å². The Balaban J connectivity index is 1.78. The van der Waals surface area contributed by atoms with Crippen LogP contribution in [0.1, 0.15) is 37.7 Å². The molecule has 0 heterocycles. The molecule has 1 aromatic rings. The van der Waals surface area contributed by atoms with Crippen molar-refractivity contribution in [1.29, 1.82) is 0 Å². The summed E-state index contributed by atoms with van der Waals surface area (Å²) < 4.78 is 5.64. The summed E-state index contributed by atoms with van der Waals surface area (Å²) in [7, 11) is 1.73. The van der Waals surface area contributed by atoms with Crippen LogP contribution in [0.3, 0.4) is 0 Å². The van der Waals surface area contributed by atoms with Crippen molar-refractivity contribution < 1.29 is 4.74 Å². The summed E-state index contributed by atoms with van der Waals surface area (Å²) in [5.41, 5.74) is 1.22. The van der Waals surface area contributed by atoms with Gasteiger partial charge in [-0.05, 0) is 31.9 Å². The van der Waals surface area contributed by atoms with E-state index in [4.69, 9.17) is 4.74 Å². The quantitative estimate of drug-likeness (QED) is 0.550. The number of para-hydroxylation sites is 1. The molecule has 20 heavy (non-hydrogen) atoms. The van der Waals surface area contributed by atoms with E-state index < -0.39 is 0 Å². The van der Waals surface area contributed by atoms with E-state index in [1.165, 1.54) is 31.2 Å². The van der Waals surface area contributed by atoms with E-state index in [1.807, 2.05) is 12.1 Å². The first kappa shape index (κ1) is 16.3. The van der Waals surface area contributed by atoms with Crippen molar-refractivity contribution in [1.82, 2.24) is 5.32 Å². The standard InChI is InChI=1S/C16H23Br2NO/c1-20-14-7-3-2-6-13(14)12-19-11-10-16(18)9-5-4-8-15(16)17/h2-3,6-7,15,19H,4-5,8-12H2,1H3/t15-,16+/m0/s1. The molecule has 2 atom stereocenters. The highest BCUT2D eigenvalue weighted by Gasteiger charge is 2.36. The first-order chi connectivity index (χ1) is 9.65. The van der Waals surface area contributed by atoms with Gasteiger partial charge in [0.1, 0.15) is 5.75 Å². The lowest BCUT2D eigenvalue weighted by Gasteiger charge is -2.36. The average Bonchev–Trinajstić information content (AvgIpc) is 2.47. The van der Waals surface area contributed by atoms with Gasteiger partial charge in [-0.25, -0.2) is 0 Å². The highest BCUT2D eigenvalue weighted by molar-refractivity contribution is 9.12. The van der Waals surface area contributed by atoms with Crippen LogP contribution >= 0.6 is 31.9 Å². The molecule has 1 aliphatic rings. The second-order valence-electron chi connectivity index (χ2n) is 5.49. The predicted octanol–water partition coefficient (Wildman–Crippen LogP) is 4.65. The Hall–Kier alpha value is -0.0600. The molecule has 0 aliphatic heterocycles. The van der Waals surface area contributed by atoms with Crippen molar-refractivity contribution in [3.63, 3.8) is 0 Å². The molecular weight excluding hydrogens is 382 g/mol. The molecule has 0 unspecified atom stereocenters. The minimum Gasteiger partial charge on any atom is -0.496 e. The molecule has 1 aromatic carbocycles. The molecule has 0 amide bonds. The number of methoxy groups -OCH3 is 1. The van der Waals surface area contributed by atoms with Gasteiger partial charge in [-0.3, -0.25) is 0 Å². The van der Waals surface area contributed by atoms with Crippen LogP contribution in [-0.2, 0) is 6.54 Å². The van der Waals surface area contributed by atoms with Gasteiger partial charge in [0.25, 0.3) is 0 Å². The summed E-state index contributed by atoms with van der Waals surface area (Å²) in [6.45, 7) is 1.88. The van der Waals surface area contributed by atoms with Gasteiger partial charge in [0.05, 0.1) is 7.11 Å². The second-order valence-corrected chi connectivity index (χ2v) is 8.17. The molecule has 0 aromatic heterocycles. The fourth-order valence-corrected chi connectivity index (χ4v) is 4.30. The number of halogens is 2. The van der Waals surface area contributed by atoms with E-state index in [9.17, 15) is 0 Å². The van der Waals surface area contributed by atoms with Gasteiger partial charge in [-0.2, -0.15) is 0 Å². The fourth-order valence-electron chi connectivity index (χ4n) is 2.81. The SMILES string of the molecule is COc1ccccc1CNCC[C@]1(Br)CCCC[C@@H]1Br. The van der Waals surface area contributed by atoms with Crippen molar-refractivity contribution in [3.05, 3.63) is 29.8 Å². The molecule has 112 valence electrons. The van der Waals surface area contributed by atoms with Crippen molar-refractivity contribution in [3.8, 4) is 5.75 Å². The first-order valence-corrected chi connectivity index (χ1v) is 9.02. The van der Waals surface area contributed by atoms with E-state index in [2.05, 4.69) is 49.3 Å². The topological polar surface area (TPSA) is 21.3 Å². The minimum atomic E-state index is 0.263. The lowest BCUT2D eigenvalue weighted by Crippen LogP contribution is -2.38. The molecule has 0 saturated heterocycles. The van der Waals surface area contributed by atoms with Gasteiger partial charge in [-0.15, -0.1) is 0 Å². The van der Waals surface area contributed by atoms with E-state index in [0.29, 0.717) is 4.83 Å².